The van der Waals surface area contributed by atoms with Crippen LogP contribution in [0.5, 0.6) is 5.75 Å². The molecular formula is C18H23N7O. The van der Waals surface area contributed by atoms with Crippen LogP contribution in [-0.4, -0.2) is 21.6 Å². The maximum atomic E-state index is 8.81. The van der Waals surface area contributed by atoms with Gasteiger partial charge in [0.15, 0.2) is 0 Å². The van der Waals surface area contributed by atoms with Gasteiger partial charge in [0.2, 0.25) is 0 Å². The maximum absolute atomic E-state index is 8.81. The lowest BCUT2D eigenvalue weighted by Gasteiger charge is -2.24. The van der Waals surface area contributed by atoms with Crippen LogP contribution in [0, 0.1) is 18.3 Å². The van der Waals surface area contributed by atoms with Crippen molar-refractivity contribution < 1.29 is 4.74 Å². The van der Waals surface area contributed by atoms with E-state index < -0.39 is 0 Å². The Bertz CT molecular complexity index is 824. The summed E-state index contributed by atoms with van der Waals surface area (Å²) in [5.41, 5.74) is 14.7. The van der Waals surface area contributed by atoms with Crippen molar-refractivity contribution in [2.45, 2.75) is 26.8 Å². The highest BCUT2D eigenvalue weighted by atomic mass is 16.5. The number of hydrogen-bond donors (Lipinski definition) is 3. The molecule has 136 valence electrons. The van der Waals surface area contributed by atoms with Gasteiger partial charge in [-0.2, -0.15) is 5.26 Å². The fourth-order valence-electron chi connectivity index (χ4n) is 2.40. The molecule has 0 radical (unpaired) electrons. The van der Waals surface area contributed by atoms with Gasteiger partial charge in [0.05, 0.1) is 29.6 Å². The normalized spacial score (nSPS) is 11.5. The summed E-state index contributed by atoms with van der Waals surface area (Å²) < 4.78 is 5.67. The van der Waals surface area contributed by atoms with Crippen LogP contribution < -0.4 is 22.0 Å². The number of hydrazine groups is 1. The number of nitrogens with zero attached hydrogens (tertiary/aromatic N) is 4. The van der Waals surface area contributed by atoms with Crippen molar-refractivity contribution in [3.8, 4) is 11.8 Å². The average molecular weight is 353 g/mol. The molecule has 26 heavy (non-hydrogen) atoms. The number of nitriles is 1. The molecule has 1 aromatic carbocycles. The van der Waals surface area contributed by atoms with Crippen molar-refractivity contribution in [3.05, 3.63) is 58.8 Å². The van der Waals surface area contributed by atoms with Crippen LogP contribution in [0.25, 0.3) is 0 Å². The van der Waals surface area contributed by atoms with Gasteiger partial charge in [-0.25, -0.2) is 15.8 Å². The molecule has 6 N–H and O–H groups in total. The summed E-state index contributed by atoms with van der Waals surface area (Å²) in [5.74, 6) is 7.80. The van der Waals surface area contributed by atoms with E-state index in [-0.39, 0.29) is 6.61 Å². The number of aromatic nitrogens is 2. The molecule has 2 rings (SSSR count). The second-order valence-corrected chi connectivity index (χ2v) is 5.71. The minimum atomic E-state index is 0.183. The quantitative estimate of drug-likeness (QED) is 0.503. The van der Waals surface area contributed by atoms with Crippen molar-refractivity contribution in [2.24, 2.45) is 11.6 Å². The second kappa shape index (κ2) is 8.69. The van der Waals surface area contributed by atoms with E-state index in [9.17, 15) is 0 Å². The largest absolute Gasteiger partial charge is 0.487 e. The first kappa shape index (κ1) is 19.0. The molecule has 0 atom stereocenters. The van der Waals surface area contributed by atoms with E-state index in [0.29, 0.717) is 41.6 Å². The Morgan fingerprint density at radius 1 is 1.31 bits per heavy atom. The van der Waals surface area contributed by atoms with E-state index in [0.717, 1.165) is 11.3 Å². The first-order valence-corrected chi connectivity index (χ1v) is 8.15. The summed E-state index contributed by atoms with van der Waals surface area (Å²) in [7, 11) is 0. The SMILES string of the molecule is CC/C(=C(/N)COc1ccc(C#N)cc1)N(N)Cc1cnc(C)nc1N. The first-order chi connectivity index (χ1) is 12.4. The molecular weight excluding hydrogens is 330 g/mol. The van der Waals surface area contributed by atoms with Crippen molar-refractivity contribution in [1.29, 1.82) is 5.26 Å². The molecule has 8 heteroatoms. The maximum Gasteiger partial charge on any atom is 0.132 e. The van der Waals surface area contributed by atoms with Gasteiger partial charge >= 0.3 is 0 Å². The predicted octanol–water partition coefficient (Wildman–Crippen LogP) is 1.57. The molecule has 0 fully saturated rings. The number of nitrogens with two attached hydrogens (primary N) is 3. The fourth-order valence-corrected chi connectivity index (χ4v) is 2.40. The molecule has 0 amide bonds. The van der Waals surface area contributed by atoms with Gasteiger partial charge in [-0.3, -0.25) is 0 Å². The fraction of sp³-hybridized carbons (Fsp3) is 0.278. The highest BCUT2D eigenvalue weighted by molar-refractivity contribution is 5.38. The number of anilines is 1. The Morgan fingerprint density at radius 3 is 2.58 bits per heavy atom. The number of ether oxygens (including phenoxy) is 1. The molecule has 0 unspecified atom stereocenters. The van der Waals surface area contributed by atoms with Crippen LogP contribution in [-0.2, 0) is 6.54 Å². The van der Waals surface area contributed by atoms with Gasteiger partial charge in [-0.1, -0.05) is 6.92 Å². The summed E-state index contributed by atoms with van der Waals surface area (Å²) >= 11 is 0. The molecule has 8 nitrogen and oxygen atoms in total. The third kappa shape index (κ3) is 4.84. The van der Waals surface area contributed by atoms with Gasteiger partial charge in [-0.15, -0.1) is 0 Å². The lowest BCUT2D eigenvalue weighted by atomic mass is 10.2. The smallest absolute Gasteiger partial charge is 0.132 e. The molecule has 1 heterocycles. The van der Waals surface area contributed by atoms with Crippen LogP contribution in [0.1, 0.15) is 30.3 Å². The van der Waals surface area contributed by atoms with E-state index in [4.69, 9.17) is 27.3 Å². The molecule has 0 aliphatic rings. The first-order valence-electron chi connectivity index (χ1n) is 8.15. The van der Waals surface area contributed by atoms with Crippen LogP contribution in [0.2, 0.25) is 0 Å². The van der Waals surface area contributed by atoms with Crippen LogP contribution in [0.3, 0.4) is 0 Å². The van der Waals surface area contributed by atoms with E-state index >= 15 is 0 Å². The molecule has 1 aromatic heterocycles. The van der Waals surface area contributed by atoms with E-state index in [1.165, 1.54) is 5.01 Å². The summed E-state index contributed by atoms with van der Waals surface area (Å²) in [6.45, 7) is 4.25. The Kier molecular flexibility index (Phi) is 6.36. The molecule has 0 aliphatic heterocycles. The minimum Gasteiger partial charge on any atom is -0.487 e. The Hall–Kier alpha value is -3.31. The molecule has 0 aliphatic carbocycles. The highest BCUT2D eigenvalue weighted by Crippen LogP contribution is 2.17. The zero-order valence-electron chi connectivity index (χ0n) is 14.9. The zero-order valence-corrected chi connectivity index (χ0v) is 14.9. The summed E-state index contributed by atoms with van der Waals surface area (Å²) in [6, 6.07) is 8.88. The summed E-state index contributed by atoms with van der Waals surface area (Å²) in [5, 5.41) is 10.3. The third-order valence-electron chi connectivity index (χ3n) is 3.79. The molecule has 0 spiro atoms. The third-order valence-corrected chi connectivity index (χ3v) is 3.79. The van der Waals surface area contributed by atoms with Crippen molar-refractivity contribution in [2.75, 3.05) is 12.3 Å². The van der Waals surface area contributed by atoms with Crippen molar-refractivity contribution in [1.82, 2.24) is 15.0 Å². The van der Waals surface area contributed by atoms with Gasteiger partial charge in [-0.05, 0) is 37.6 Å². The predicted molar refractivity (Wildman–Crippen MR) is 99.1 cm³/mol. The monoisotopic (exact) mass is 353 g/mol. The topological polar surface area (TPSA) is 140 Å². The van der Waals surface area contributed by atoms with Crippen LogP contribution in [0.4, 0.5) is 5.82 Å². The Morgan fingerprint density at radius 2 is 2.00 bits per heavy atom. The number of allylic oxidation sites excluding steroid dienone is 1. The molecule has 0 bridgehead atoms. The van der Waals surface area contributed by atoms with Crippen molar-refractivity contribution >= 4 is 5.82 Å². The Labute approximate surface area is 152 Å². The Balaban J connectivity index is 2.06. The average Bonchev–Trinajstić information content (AvgIpc) is 2.63. The van der Waals surface area contributed by atoms with E-state index in [2.05, 4.69) is 16.0 Å². The number of hydrogen-bond acceptors (Lipinski definition) is 8. The van der Waals surface area contributed by atoms with Crippen LogP contribution >= 0.6 is 0 Å². The van der Waals surface area contributed by atoms with Gasteiger partial charge in [0.25, 0.3) is 0 Å². The highest BCUT2D eigenvalue weighted by Gasteiger charge is 2.12. The lowest BCUT2D eigenvalue weighted by molar-refractivity contribution is 0.311. The number of rotatable bonds is 7. The second-order valence-electron chi connectivity index (χ2n) is 5.71. The summed E-state index contributed by atoms with van der Waals surface area (Å²) in [4.78, 5) is 8.28. The number of nitrogen functional groups attached to an aromatic ring is 1. The minimum absolute atomic E-state index is 0.183. The molecule has 0 saturated carbocycles. The van der Waals surface area contributed by atoms with Crippen molar-refractivity contribution in [3.63, 3.8) is 0 Å². The number of benzene rings is 1. The lowest BCUT2D eigenvalue weighted by Crippen LogP contribution is -2.33. The van der Waals surface area contributed by atoms with E-state index in [1.807, 2.05) is 6.92 Å². The van der Waals surface area contributed by atoms with Gasteiger partial charge < -0.3 is 21.2 Å². The van der Waals surface area contributed by atoms with Gasteiger partial charge in [0, 0.05) is 11.8 Å². The standard InChI is InChI=1S/C18H23N7O/c1-3-17(25(22)10-14-9-23-12(2)24-18(14)21)16(20)11-26-15-6-4-13(8-19)5-7-15/h4-7,9H,3,10-11,20,22H2,1-2H3,(H2,21,23,24)/b17-16-. The number of aryl methyl sites for hydroxylation is 1. The molecule has 2 aromatic rings. The van der Waals surface area contributed by atoms with Crippen LogP contribution in [0.15, 0.2) is 41.9 Å². The van der Waals surface area contributed by atoms with Gasteiger partial charge in [0.1, 0.15) is 24.0 Å². The summed E-state index contributed by atoms with van der Waals surface area (Å²) in [6.07, 6.45) is 2.29. The molecule has 0 saturated heterocycles. The van der Waals surface area contributed by atoms with E-state index in [1.54, 1.807) is 37.4 Å². The zero-order chi connectivity index (χ0) is 19.1.